The molecular weight excluding hydrogens is 398 g/mol. The highest BCUT2D eigenvalue weighted by atomic mass is 16.6. The molecule has 3 aromatic rings. The summed E-state index contributed by atoms with van der Waals surface area (Å²) in [4.78, 5) is 37.0. The van der Waals surface area contributed by atoms with Crippen molar-refractivity contribution in [2.75, 3.05) is 19.4 Å². The summed E-state index contributed by atoms with van der Waals surface area (Å²) in [6, 6.07) is 5.42. The fourth-order valence-corrected chi connectivity index (χ4v) is 2.99. The van der Waals surface area contributed by atoms with E-state index in [1.54, 1.807) is 42.8 Å². The molecule has 2 aromatic heterocycles. The lowest BCUT2D eigenvalue weighted by Gasteiger charge is -2.20. The Labute approximate surface area is 180 Å². The zero-order valence-electron chi connectivity index (χ0n) is 18.8. The van der Waals surface area contributed by atoms with E-state index < -0.39 is 17.4 Å². The van der Waals surface area contributed by atoms with Gasteiger partial charge in [0, 0.05) is 19.8 Å². The molecular formula is C21H27N7O3. The van der Waals surface area contributed by atoms with Gasteiger partial charge in [-0.25, -0.2) is 19.3 Å². The quantitative estimate of drug-likeness (QED) is 0.489. The standard InChI is InChI=1S/C21H27N7O3/c1-12-10-14(23-20(30)31-21(3,4)5)8-9-15(12)28-17-16(13(2)26-28)24-19(29)25-18(17)22-11-27(6)7/h8-11H,1-7H3,(H,23,30)(H,24,25,29). The number of anilines is 1. The van der Waals surface area contributed by atoms with Gasteiger partial charge >= 0.3 is 11.8 Å². The molecule has 0 aliphatic carbocycles. The van der Waals surface area contributed by atoms with E-state index in [-0.39, 0.29) is 5.82 Å². The molecule has 0 bridgehead atoms. The minimum absolute atomic E-state index is 0.267. The van der Waals surface area contributed by atoms with Crippen LogP contribution in [-0.2, 0) is 4.74 Å². The van der Waals surface area contributed by atoms with Crippen molar-refractivity contribution >= 4 is 35.0 Å². The van der Waals surface area contributed by atoms with Gasteiger partial charge < -0.3 is 14.6 Å². The number of aliphatic imine (C=N–C) groups is 1. The topological polar surface area (TPSA) is 117 Å². The molecule has 3 rings (SSSR count). The SMILES string of the molecule is Cc1cc(NC(=O)OC(C)(C)C)ccc1-n1nc(C)c2[nH]c(=O)nc(N=CN(C)C)c21. The number of carbonyl (C=O) groups is 1. The Morgan fingerprint density at radius 3 is 2.61 bits per heavy atom. The predicted octanol–water partition coefficient (Wildman–Crippen LogP) is 3.29. The summed E-state index contributed by atoms with van der Waals surface area (Å²) in [5.74, 6) is 0.267. The number of H-pyrrole nitrogens is 1. The van der Waals surface area contributed by atoms with Crippen molar-refractivity contribution in [1.82, 2.24) is 24.6 Å². The van der Waals surface area contributed by atoms with Crippen LogP contribution < -0.4 is 11.0 Å². The average Bonchev–Trinajstić information content (AvgIpc) is 2.94. The van der Waals surface area contributed by atoms with E-state index in [9.17, 15) is 9.59 Å². The highest BCUT2D eigenvalue weighted by molar-refractivity contribution is 5.89. The molecule has 10 heteroatoms. The summed E-state index contributed by atoms with van der Waals surface area (Å²) in [5.41, 5.74) is 2.95. The molecule has 31 heavy (non-hydrogen) atoms. The molecule has 0 saturated carbocycles. The number of rotatable bonds is 4. The molecule has 2 heterocycles. The number of aromatic nitrogens is 4. The number of aromatic amines is 1. The summed E-state index contributed by atoms with van der Waals surface area (Å²) in [6.45, 7) is 9.13. The molecule has 0 aliphatic rings. The Hall–Kier alpha value is -3.69. The van der Waals surface area contributed by atoms with E-state index in [1.807, 2.05) is 40.1 Å². The van der Waals surface area contributed by atoms with E-state index in [0.717, 1.165) is 11.3 Å². The highest BCUT2D eigenvalue weighted by Crippen LogP contribution is 2.28. The molecule has 0 spiro atoms. The Morgan fingerprint density at radius 1 is 1.29 bits per heavy atom. The third-order valence-corrected chi connectivity index (χ3v) is 4.19. The number of nitrogens with zero attached hydrogens (tertiary/aromatic N) is 5. The zero-order chi connectivity index (χ0) is 22.9. The van der Waals surface area contributed by atoms with Crippen LogP contribution in [0.3, 0.4) is 0 Å². The normalized spacial score (nSPS) is 11.8. The largest absolute Gasteiger partial charge is 0.444 e. The summed E-state index contributed by atoms with van der Waals surface area (Å²) in [6.07, 6.45) is 1.05. The molecule has 0 aliphatic heterocycles. The fourth-order valence-electron chi connectivity index (χ4n) is 2.99. The molecule has 1 aromatic carbocycles. The first kappa shape index (κ1) is 22.0. The lowest BCUT2D eigenvalue weighted by Crippen LogP contribution is -2.27. The Bertz CT molecular complexity index is 1220. The number of carbonyl (C=O) groups excluding carboxylic acids is 1. The van der Waals surface area contributed by atoms with Crippen molar-refractivity contribution in [3.63, 3.8) is 0 Å². The van der Waals surface area contributed by atoms with Gasteiger partial charge in [-0.15, -0.1) is 0 Å². The number of hydrogen-bond donors (Lipinski definition) is 2. The summed E-state index contributed by atoms with van der Waals surface area (Å²) >= 11 is 0. The summed E-state index contributed by atoms with van der Waals surface area (Å²) in [5, 5.41) is 7.33. The van der Waals surface area contributed by atoms with Gasteiger partial charge in [0.05, 0.1) is 23.2 Å². The van der Waals surface area contributed by atoms with Crippen LogP contribution in [0.15, 0.2) is 28.0 Å². The smallest absolute Gasteiger partial charge is 0.412 e. The van der Waals surface area contributed by atoms with Crippen LogP contribution in [0.2, 0.25) is 0 Å². The van der Waals surface area contributed by atoms with Crippen LogP contribution in [0.25, 0.3) is 16.7 Å². The van der Waals surface area contributed by atoms with Gasteiger partial charge in [0.15, 0.2) is 5.82 Å². The van der Waals surface area contributed by atoms with Crippen LogP contribution in [-0.4, -0.2) is 56.8 Å². The van der Waals surface area contributed by atoms with Gasteiger partial charge in [-0.05, 0) is 58.4 Å². The van der Waals surface area contributed by atoms with E-state index in [2.05, 4.69) is 25.4 Å². The van der Waals surface area contributed by atoms with E-state index in [0.29, 0.717) is 22.4 Å². The zero-order valence-corrected chi connectivity index (χ0v) is 18.8. The number of fused-ring (bicyclic) bond motifs is 1. The van der Waals surface area contributed by atoms with Crippen LogP contribution in [0.4, 0.5) is 16.3 Å². The second-order valence-corrected chi connectivity index (χ2v) is 8.42. The third-order valence-electron chi connectivity index (χ3n) is 4.19. The minimum atomic E-state index is -0.585. The van der Waals surface area contributed by atoms with Gasteiger partial charge in [0.25, 0.3) is 0 Å². The first-order valence-corrected chi connectivity index (χ1v) is 9.76. The highest BCUT2D eigenvalue weighted by Gasteiger charge is 2.19. The van der Waals surface area contributed by atoms with Crippen LogP contribution in [0, 0.1) is 13.8 Å². The van der Waals surface area contributed by atoms with Crippen molar-refractivity contribution < 1.29 is 9.53 Å². The van der Waals surface area contributed by atoms with Crippen LogP contribution in [0.1, 0.15) is 32.0 Å². The second-order valence-electron chi connectivity index (χ2n) is 8.42. The van der Waals surface area contributed by atoms with Crippen molar-refractivity contribution in [3.8, 4) is 5.69 Å². The molecule has 10 nitrogen and oxygen atoms in total. The Balaban J connectivity index is 2.06. The maximum atomic E-state index is 12.1. The molecule has 1 amide bonds. The summed E-state index contributed by atoms with van der Waals surface area (Å²) in [7, 11) is 3.66. The number of benzene rings is 1. The van der Waals surface area contributed by atoms with Crippen molar-refractivity contribution in [3.05, 3.63) is 39.9 Å². The second kappa shape index (κ2) is 8.21. The molecule has 0 radical (unpaired) electrons. The van der Waals surface area contributed by atoms with Gasteiger partial charge in [-0.1, -0.05) is 0 Å². The van der Waals surface area contributed by atoms with Crippen LogP contribution >= 0.6 is 0 Å². The lowest BCUT2D eigenvalue weighted by molar-refractivity contribution is 0.0636. The molecule has 164 valence electrons. The van der Waals surface area contributed by atoms with Crippen molar-refractivity contribution in [2.45, 2.75) is 40.2 Å². The maximum Gasteiger partial charge on any atom is 0.412 e. The molecule has 0 atom stereocenters. The Kier molecular flexibility index (Phi) is 5.83. The van der Waals surface area contributed by atoms with Crippen LogP contribution in [0.5, 0.6) is 0 Å². The first-order valence-electron chi connectivity index (χ1n) is 9.76. The monoisotopic (exact) mass is 425 g/mol. The van der Waals surface area contributed by atoms with Gasteiger partial charge in [-0.2, -0.15) is 10.1 Å². The number of nitrogens with one attached hydrogen (secondary N) is 2. The van der Waals surface area contributed by atoms with Gasteiger partial charge in [0.1, 0.15) is 11.1 Å². The van der Waals surface area contributed by atoms with E-state index in [1.165, 1.54) is 0 Å². The van der Waals surface area contributed by atoms with Crippen molar-refractivity contribution in [2.24, 2.45) is 4.99 Å². The fraction of sp³-hybridized carbons (Fsp3) is 0.381. The third kappa shape index (κ3) is 5.08. The van der Waals surface area contributed by atoms with Crippen molar-refractivity contribution in [1.29, 1.82) is 0 Å². The average molecular weight is 425 g/mol. The van der Waals surface area contributed by atoms with Gasteiger partial charge in [-0.3, -0.25) is 5.32 Å². The predicted molar refractivity (Wildman–Crippen MR) is 121 cm³/mol. The Morgan fingerprint density at radius 2 is 2.00 bits per heavy atom. The van der Waals surface area contributed by atoms with E-state index in [4.69, 9.17) is 4.74 Å². The molecule has 2 N–H and O–H groups in total. The summed E-state index contributed by atoms with van der Waals surface area (Å²) < 4.78 is 7.00. The van der Waals surface area contributed by atoms with Gasteiger partial charge in [0.2, 0.25) is 0 Å². The molecule has 0 unspecified atom stereocenters. The molecule has 0 fully saturated rings. The van der Waals surface area contributed by atoms with E-state index >= 15 is 0 Å². The maximum absolute atomic E-state index is 12.1. The molecule has 0 saturated heterocycles. The first-order chi connectivity index (χ1) is 14.4. The lowest BCUT2D eigenvalue weighted by atomic mass is 10.1. The minimum Gasteiger partial charge on any atom is -0.444 e. The number of hydrogen-bond acceptors (Lipinski definition) is 6. The number of amides is 1. The number of aryl methyl sites for hydroxylation is 2. The number of ether oxygens (including phenoxy) is 1.